The molecule has 0 amide bonds. The Morgan fingerprint density at radius 3 is 2.06 bits per heavy atom. The minimum absolute atomic E-state index is 0.0492. The Labute approximate surface area is 114 Å². The normalized spacial score (nSPS) is 14.5. The van der Waals surface area contributed by atoms with Gasteiger partial charge in [0.2, 0.25) is 0 Å². The van der Waals surface area contributed by atoms with Crippen LogP contribution in [0.5, 0.6) is 0 Å². The molecule has 1 rings (SSSR count). The molecule has 0 spiro atoms. The van der Waals surface area contributed by atoms with Crippen LogP contribution in [0.15, 0.2) is 0 Å². The van der Waals surface area contributed by atoms with Gasteiger partial charge >= 0.3 is 83.1 Å². The molecule has 1 saturated heterocycles. The van der Waals surface area contributed by atoms with Crippen molar-refractivity contribution in [1.82, 2.24) is 0 Å². The van der Waals surface area contributed by atoms with Gasteiger partial charge in [0.1, 0.15) is 0 Å². The first-order valence-corrected chi connectivity index (χ1v) is 15.3. The van der Waals surface area contributed by atoms with Gasteiger partial charge in [0.05, 0.1) is 0 Å². The monoisotopic (exact) mass is 346 g/mol. The summed E-state index contributed by atoms with van der Waals surface area (Å²) in [6.07, 6.45) is 3.67. The zero-order chi connectivity index (χ0) is 12.1. The molecule has 5 heteroatoms. The molecule has 0 saturated carbocycles. The van der Waals surface area contributed by atoms with Crippen molar-refractivity contribution in [2.45, 2.75) is 44.4 Å². The molecule has 0 N–H and O–H groups in total. The Balaban J connectivity index is 0.000000368. The molecule has 0 bridgehead atoms. The average molecular weight is 349 g/mol. The molecule has 0 atom stereocenters. The summed E-state index contributed by atoms with van der Waals surface area (Å²) in [7, 11) is 0. The molecule has 0 aromatic heterocycles. The first-order chi connectivity index (χ1) is 7.85. The van der Waals surface area contributed by atoms with E-state index in [4.69, 9.17) is 14.2 Å². The van der Waals surface area contributed by atoms with Gasteiger partial charge in [-0.3, -0.25) is 0 Å². The van der Waals surface area contributed by atoms with E-state index < -0.39 is 0 Å². The summed E-state index contributed by atoms with van der Waals surface area (Å²) in [6, 6.07) is 0. The quantitative estimate of drug-likeness (QED) is 0.521. The molecule has 0 radical (unpaired) electrons. The molecule has 94 valence electrons. The Kier molecular flexibility index (Phi) is 14.9. The van der Waals surface area contributed by atoms with Gasteiger partial charge in [-0.1, -0.05) is 0 Å². The maximum atomic E-state index is 5.37. The Morgan fingerprint density at radius 2 is 1.75 bits per heavy atom. The van der Waals surface area contributed by atoms with Crippen molar-refractivity contribution in [2.75, 3.05) is 26.4 Å². The molecule has 0 unspecified atom stereocenters. The van der Waals surface area contributed by atoms with E-state index in [1.165, 1.54) is 17.9 Å². The van der Waals surface area contributed by atoms with Gasteiger partial charge in [0.15, 0.2) is 0 Å². The summed E-state index contributed by atoms with van der Waals surface area (Å²) < 4.78 is 15.7. The third kappa shape index (κ3) is 11.5. The molecule has 1 aliphatic rings. The van der Waals surface area contributed by atoms with Gasteiger partial charge in [-0.2, -0.15) is 0 Å². The van der Waals surface area contributed by atoms with Crippen molar-refractivity contribution >= 4 is 13.6 Å². The molecule has 0 aromatic rings. The van der Waals surface area contributed by atoms with E-state index in [-0.39, 0.29) is 21.5 Å². The number of rotatable bonds is 7. The fourth-order valence-corrected chi connectivity index (χ4v) is 4.05. The van der Waals surface area contributed by atoms with Crippen molar-refractivity contribution in [3.05, 3.63) is 0 Å². The number of ether oxygens (including phenoxy) is 3. The molecule has 3 nitrogen and oxygen atoms in total. The van der Waals surface area contributed by atoms with Crippen molar-refractivity contribution in [1.29, 1.82) is 0 Å². The van der Waals surface area contributed by atoms with E-state index in [1.807, 2.05) is 13.8 Å². The van der Waals surface area contributed by atoms with Crippen molar-refractivity contribution in [2.24, 2.45) is 0 Å². The molecule has 1 heterocycles. The summed E-state index contributed by atoms with van der Waals surface area (Å²) in [5, 5.41) is 1.29. The second-order valence-electron chi connectivity index (χ2n) is 3.49. The van der Waals surface area contributed by atoms with E-state index in [9.17, 15) is 0 Å². The van der Waals surface area contributed by atoms with Gasteiger partial charge in [0, 0.05) is 13.2 Å². The van der Waals surface area contributed by atoms with Crippen LogP contribution >= 0.6 is 13.6 Å². The predicted molar refractivity (Wildman–Crippen MR) is 65.4 cm³/mol. The topological polar surface area (TPSA) is 27.7 Å². The summed E-state index contributed by atoms with van der Waals surface area (Å²) in [4.78, 5) is 0. The summed E-state index contributed by atoms with van der Waals surface area (Å²) >= 11 is 3.19. The Morgan fingerprint density at radius 1 is 1.19 bits per heavy atom. The van der Waals surface area contributed by atoms with E-state index in [0.717, 1.165) is 32.8 Å². The van der Waals surface area contributed by atoms with Crippen molar-refractivity contribution in [3.63, 3.8) is 0 Å². The zero-order valence-corrected chi connectivity index (χ0v) is 15.1. The Hall–Kier alpha value is 0.983. The van der Waals surface area contributed by atoms with Crippen LogP contribution < -0.4 is 0 Å². The van der Waals surface area contributed by atoms with Crippen LogP contribution in [0.25, 0.3) is 0 Å². The van der Waals surface area contributed by atoms with Gasteiger partial charge in [0.25, 0.3) is 0 Å². The van der Waals surface area contributed by atoms with Gasteiger partial charge in [-0.25, -0.2) is 0 Å². The van der Waals surface area contributed by atoms with Crippen molar-refractivity contribution in [3.8, 4) is 0 Å². The number of hydrogen-bond donors (Lipinski definition) is 0. The standard InChI is InChI=1S/C7H15O2.C4H8O.BrH.Zn/c1-4-7(8-5-2)9-6-3;1-2-4-5-3-1;;/h7H,1,4-6H2,2-3H3;1-4H2;1H;/q;;;+1/p-1. The van der Waals surface area contributed by atoms with E-state index in [2.05, 4.69) is 13.6 Å². The molecule has 1 aliphatic heterocycles. The van der Waals surface area contributed by atoms with Gasteiger partial charge < -0.3 is 4.74 Å². The van der Waals surface area contributed by atoms with E-state index in [1.54, 1.807) is 0 Å². The third-order valence-electron chi connectivity index (χ3n) is 2.11. The van der Waals surface area contributed by atoms with Crippen LogP contribution in [0.2, 0.25) is 5.02 Å². The van der Waals surface area contributed by atoms with Crippen LogP contribution in [-0.4, -0.2) is 32.7 Å². The summed E-state index contributed by atoms with van der Waals surface area (Å²) in [6.45, 7) is 7.50. The molecule has 0 aliphatic carbocycles. The predicted octanol–water partition coefficient (Wildman–Crippen LogP) is 3.38. The molecule has 0 aromatic carbocycles. The molecule has 1 fully saturated rings. The molecular weight excluding hydrogens is 325 g/mol. The number of halogens is 1. The van der Waals surface area contributed by atoms with Crippen LogP contribution in [0.1, 0.15) is 33.1 Å². The van der Waals surface area contributed by atoms with E-state index in [0.29, 0.717) is 0 Å². The summed E-state index contributed by atoms with van der Waals surface area (Å²) in [5.74, 6) is 0. The summed E-state index contributed by atoms with van der Waals surface area (Å²) in [5.41, 5.74) is 0. The minimum atomic E-state index is -0.370. The SMILES string of the molecule is C1CCOC1.CCOC(C[CH2][Zn][Br])OCC. The van der Waals surface area contributed by atoms with Crippen LogP contribution in [0.3, 0.4) is 0 Å². The zero-order valence-electron chi connectivity index (χ0n) is 10.5. The number of hydrogen-bond acceptors (Lipinski definition) is 3. The van der Waals surface area contributed by atoms with E-state index >= 15 is 0 Å². The van der Waals surface area contributed by atoms with Crippen LogP contribution in [0, 0.1) is 0 Å². The maximum absolute atomic E-state index is 5.37. The first kappa shape index (κ1) is 17.0. The van der Waals surface area contributed by atoms with Gasteiger partial charge in [-0.15, -0.1) is 0 Å². The van der Waals surface area contributed by atoms with Crippen LogP contribution in [-0.2, 0) is 29.4 Å². The fraction of sp³-hybridized carbons (Fsp3) is 1.00. The fourth-order valence-electron chi connectivity index (χ4n) is 1.34. The average Bonchev–Trinajstić information content (AvgIpc) is 2.85. The molecular formula is C11H23BrO3Zn. The van der Waals surface area contributed by atoms with Crippen molar-refractivity contribution < 1.29 is 29.4 Å². The van der Waals surface area contributed by atoms with Crippen LogP contribution in [0.4, 0.5) is 0 Å². The first-order valence-electron chi connectivity index (χ1n) is 6.22. The second kappa shape index (κ2) is 14.0. The Bertz CT molecular complexity index is 121. The third-order valence-corrected chi connectivity index (χ3v) is 6.44. The molecule has 16 heavy (non-hydrogen) atoms. The second-order valence-corrected chi connectivity index (χ2v) is 9.89. The van der Waals surface area contributed by atoms with Gasteiger partial charge in [-0.05, 0) is 12.8 Å².